The van der Waals surface area contributed by atoms with Gasteiger partial charge in [0.25, 0.3) is 17.5 Å². The molecule has 2 rings (SSSR count). The Balaban J connectivity index is 1.91. The van der Waals surface area contributed by atoms with Gasteiger partial charge >= 0.3 is 0 Å². The number of rotatable bonds is 4. The second-order valence-corrected chi connectivity index (χ2v) is 6.72. The number of carbonyl (C=O) groups excluding carboxylic acids is 2. The summed E-state index contributed by atoms with van der Waals surface area (Å²) in [5, 5.41) is 10.7. The zero-order valence-electron chi connectivity index (χ0n) is 11.5. The zero-order valence-corrected chi connectivity index (χ0v) is 13.9. The summed E-state index contributed by atoms with van der Waals surface area (Å²) in [5.74, 6) is -1.16. The fourth-order valence-electron chi connectivity index (χ4n) is 1.57. The molecule has 0 aliphatic rings. The predicted octanol–water partition coefficient (Wildman–Crippen LogP) is 2.89. The minimum Gasteiger partial charge on any atom is -0.268 e. The summed E-state index contributed by atoms with van der Waals surface area (Å²) < 4.78 is 0.941. The lowest BCUT2D eigenvalue weighted by atomic mass is 10.2. The largest absolute Gasteiger partial charge is 0.270 e. The van der Waals surface area contributed by atoms with Crippen LogP contribution in [0.25, 0.3) is 6.08 Å². The van der Waals surface area contributed by atoms with Gasteiger partial charge in [0.2, 0.25) is 0 Å². The fourth-order valence-corrected chi connectivity index (χ4v) is 2.89. The van der Waals surface area contributed by atoms with Crippen LogP contribution in [0.15, 0.2) is 46.3 Å². The minimum absolute atomic E-state index is 0.0747. The number of nitro groups is 1. The molecule has 0 bridgehead atoms. The van der Waals surface area contributed by atoms with Crippen molar-refractivity contribution < 1.29 is 14.5 Å². The Morgan fingerprint density at radius 3 is 2.65 bits per heavy atom. The lowest BCUT2D eigenvalue weighted by Gasteiger charge is -2.05. The van der Waals surface area contributed by atoms with Crippen molar-refractivity contribution in [3.8, 4) is 0 Å². The molecule has 0 spiro atoms. The normalized spacial score (nSPS) is 10.5. The maximum Gasteiger partial charge on any atom is 0.270 e. The van der Waals surface area contributed by atoms with E-state index < -0.39 is 16.7 Å². The third-order valence-corrected chi connectivity index (χ3v) is 4.20. The van der Waals surface area contributed by atoms with Gasteiger partial charge < -0.3 is 0 Å². The van der Waals surface area contributed by atoms with Gasteiger partial charge in [-0.05, 0) is 40.2 Å². The van der Waals surface area contributed by atoms with Gasteiger partial charge in [0.15, 0.2) is 0 Å². The number of nitro benzene ring substituents is 1. The molecule has 2 aromatic rings. The molecule has 0 aliphatic carbocycles. The van der Waals surface area contributed by atoms with Gasteiger partial charge in [0.05, 0.1) is 8.71 Å². The maximum absolute atomic E-state index is 11.8. The molecule has 7 nitrogen and oxygen atoms in total. The van der Waals surface area contributed by atoms with Crippen molar-refractivity contribution in [2.45, 2.75) is 0 Å². The number of hydrogen-bond donors (Lipinski definition) is 2. The summed E-state index contributed by atoms with van der Waals surface area (Å²) in [7, 11) is 0. The number of thiophene rings is 1. The molecule has 23 heavy (non-hydrogen) atoms. The summed E-state index contributed by atoms with van der Waals surface area (Å²) >= 11 is 4.76. The molecule has 9 heteroatoms. The molecule has 0 fully saturated rings. The van der Waals surface area contributed by atoms with Gasteiger partial charge in [-0.25, -0.2) is 0 Å². The highest BCUT2D eigenvalue weighted by molar-refractivity contribution is 9.11. The second kappa shape index (κ2) is 7.65. The number of carbonyl (C=O) groups is 2. The van der Waals surface area contributed by atoms with Crippen molar-refractivity contribution in [1.29, 1.82) is 0 Å². The minimum atomic E-state index is -0.644. The van der Waals surface area contributed by atoms with Crippen LogP contribution in [0.3, 0.4) is 0 Å². The van der Waals surface area contributed by atoms with Crippen LogP contribution in [0.4, 0.5) is 5.69 Å². The summed E-state index contributed by atoms with van der Waals surface area (Å²) in [6.07, 6.45) is 2.87. The quantitative estimate of drug-likeness (QED) is 0.471. The monoisotopic (exact) mass is 395 g/mol. The fraction of sp³-hybridized carbons (Fsp3) is 0. The van der Waals surface area contributed by atoms with Gasteiger partial charge in [0.1, 0.15) is 0 Å². The van der Waals surface area contributed by atoms with Gasteiger partial charge in [-0.1, -0.05) is 6.07 Å². The van der Waals surface area contributed by atoms with E-state index in [1.807, 2.05) is 12.1 Å². The van der Waals surface area contributed by atoms with Crippen molar-refractivity contribution in [3.63, 3.8) is 0 Å². The summed E-state index contributed by atoms with van der Waals surface area (Å²) in [5.41, 5.74) is 4.27. The van der Waals surface area contributed by atoms with Crippen LogP contribution in [0.2, 0.25) is 0 Å². The Morgan fingerprint density at radius 1 is 1.22 bits per heavy atom. The summed E-state index contributed by atoms with van der Waals surface area (Å²) in [6, 6.07) is 8.89. The van der Waals surface area contributed by atoms with Crippen LogP contribution in [0, 0.1) is 10.1 Å². The number of benzene rings is 1. The van der Waals surface area contributed by atoms with Crippen molar-refractivity contribution in [3.05, 3.63) is 66.8 Å². The van der Waals surface area contributed by atoms with Crippen molar-refractivity contribution in [1.82, 2.24) is 10.9 Å². The first-order valence-corrected chi connectivity index (χ1v) is 7.85. The van der Waals surface area contributed by atoms with E-state index in [0.717, 1.165) is 14.7 Å². The first-order chi connectivity index (χ1) is 11.0. The smallest absolute Gasteiger partial charge is 0.268 e. The molecule has 1 aromatic carbocycles. The Hall–Kier alpha value is -2.52. The van der Waals surface area contributed by atoms with E-state index in [0.29, 0.717) is 0 Å². The molecule has 1 aromatic heterocycles. The van der Waals surface area contributed by atoms with Gasteiger partial charge in [0, 0.05) is 28.6 Å². The number of non-ortho nitro benzene ring substituents is 1. The Kier molecular flexibility index (Phi) is 5.61. The maximum atomic E-state index is 11.8. The molecular formula is C14H10BrN3O4S. The van der Waals surface area contributed by atoms with Crippen molar-refractivity contribution in [2.24, 2.45) is 0 Å². The summed E-state index contributed by atoms with van der Waals surface area (Å²) in [4.78, 5) is 34.4. The topological polar surface area (TPSA) is 101 Å². The molecule has 0 unspecified atom stereocenters. The Labute approximate surface area is 143 Å². The van der Waals surface area contributed by atoms with Crippen molar-refractivity contribution >= 4 is 50.8 Å². The lowest BCUT2D eigenvalue weighted by molar-refractivity contribution is -0.384. The van der Waals surface area contributed by atoms with E-state index in [2.05, 4.69) is 26.8 Å². The number of halogens is 1. The average molecular weight is 396 g/mol. The molecular weight excluding hydrogens is 386 g/mol. The highest BCUT2D eigenvalue weighted by Crippen LogP contribution is 2.22. The molecule has 1 heterocycles. The highest BCUT2D eigenvalue weighted by atomic mass is 79.9. The molecule has 0 aliphatic heterocycles. The lowest BCUT2D eigenvalue weighted by Crippen LogP contribution is -2.40. The average Bonchev–Trinajstić information content (AvgIpc) is 2.96. The Morgan fingerprint density at radius 2 is 2.00 bits per heavy atom. The van der Waals surface area contributed by atoms with Crippen LogP contribution in [0.5, 0.6) is 0 Å². The van der Waals surface area contributed by atoms with Crippen LogP contribution < -0.4 is 10.9 Å². The van der Waals surface area contributed by atoms with E-state index >= 15 is 0 Å². The van der Waals surface area contributed by atoms with Crippen LogP contribution in [-0.2, 0) is 4.79 Å². The molecule has 0 saturated heterocycles. The number of nitrogens with zero attached hydrogens (tertiary/aromatic N) is 1. The molecule has 2 N–H and O–H groups in total. The van der Waals surface area contributed by atoms with E-state index in [1.165, 1.54) is 35.6 Å². The number of hydrazine groups is 1. The third-order valence-electron chi connectivity index (χ3n) is 2.61. The van der Waals surface area contributed by atoms with E-state index in [9.17, 15) is 19.7 Å². The molecule has 0 radical (unpaired) electrons. The standard InChI is InChI=1S/C14H10BrN3O4S/c15-12-6-4-11(23-12)5-7-13(19)16-17-14(20)9-2-1-3-10(8-9)18(21)22/h1-8H,(H,16,19)(H,17,20)/b7-5+. The first-order valence-electron chi connectivity index (χ1n) is 6.24. The summed E-state index contributed by atoms with van der Waals surface area (Å²) in [6.45, 7) is 0. The highest BCUT2D eigenvalue weighted by Gasteiger charge is 2.11. The third kappa shape index (κ3) is 5.01. The van der Waals surface area contributed by atoms with Gasteiger partial charge in [-0.2, -0.15) is 0 Å². The second-order valence-electron chi connectivity index (χ2n) is 4.23. The molecule has 2 amide bonds. The Bertz CT molecular complexity index is 788. The SMILES string of the molecule is O=C(/C=C/c1ccc(Br)s1)NNC(=O)c1cccc([N+](=O)[O-])c1. The van der Waals surface area contributed by atoms with Crippen molar-refractivity contribution in [2.75, 3.05) is 0 Å². The zero-order chi connectivity index (χ0) is 16.8. The van der Waals surface area contributed by atoms with Gasteiger partial charge in [-0.3, -0.25) is 30.6 Å². The first kappa shape index (κ1) is 16.8. The van der Waals surface area contributed by atoms with Crippen LogP contribution in [-0.4, -0.2) is 16.7 Å². The predicted molar refractivity (Wildman–Crippen MR) is 89.8 cm³/mol. The van der Waals surface area contributed by atoms with E-state index in [-0.39, 0.29) is 11.3 Å². The number of hydrogen-bond acceptors (Lipinski definition) is 5. The molecule has 0 saturated carbocycles. The van der Waals surface area contributed by atoms with E-state index in [1.54, 1.807) is 6.08 Å². The molecule has 118 valence electrons. The van der Waals surface area contributed by atoms with Crippen LogP contribution in [0.1, 0.15) is 15.2 Å². The van der Waals surface area contributed by atoms with Crippen LogP contribution >= 0.6 is 27.3 Å². The number of amides is 2. The van der Waals surface area contributed by atoms with Gasteiger partial charge in [-0.15, -0.1) is 11.3 Å². The van der Waals surface area contributed by atoms with E-state index in [4.69, 9.17) is 0 Å². The molecule has 0 atom stereocenters. The number of nitrogens with one attached hydrogen (secondary N) is 2.